The fourth-order valence-corrected chi connectivity index (χ4v) is 0.349. The van der Waals surface area contributed by atoms with E-state index >= 15 is 0 Å². The van der Waals surface area contributed by atoms with Crippen molar-refractivity contribution in [3.8, 4) is 0 Å². The second-order valence-corrected chi connectivity index (χ2v) is 1.56. The molecule has 0 radical (unpaired) electrons. The van der Waals surface area contributed by atoms with Gasteiger partial charge in [-0.05, 0) is 6.42 Å². The molecule has 0 bridgehead atoms. The summed E-state index contributed by atoms with van der Waals surface area (Å²) in [6.07, 6.45) is 1.52. The number of unbranched alkanes of at least 4 members (excludes halogenated alkanes) is 1. The summed E-state index contributed by atoms with van der Waals surface area (Å²) in [6, 6.07) is 0. The molecule has 3 heteroatoms. The number of hydrogen-bond donors (Lipinski definition) is 0. The highest BCUT2D eigenvalue weighted by atomic mass is 16.3. The third kappa shape index (κ3) is 3.59. The molecule has 0 aliphatic rings. The summed E-state index contributed by atoms with van der Waals surface area (Å²) >= 11 is 0. The summed E-state index contributed by atoms with van der Waals surface area (Å²) in [5, 5.41) is 3.01. The normalized spacial score (nSPS) is 15.9. The van der Waals surface area contributed by atoms with Crippen molar-refractivity contribution in [2.24, 2.45) is 5.29 Å². The van der Waals surface area contributed by atoms with Crippen LogP contribution in [0.1, 0.15) is 23.9 Å². The lowest BCUT2D eigenvalue weighted by Crippen LogP contribution is -2.10. The monoisotopic (exact) mass is 119 g/mol. The summed E-state index contributed by atoms with van der Waals surface area (Å²) in [7, 11) is 0. The van der Waals surface area contributed by atoms with E-state index in [1.807, 2.05) is 6.92 Å². The molecule has 0 saturated heterocycles. The first-order valence-corrected chi connectivity index (χ1v) is 2.63. The van der Waals surface area contributed by atoms with E-state index in [-0.39, 0.29) is 6.54 Å². The Bertz CT molecular complexity index is 125. The van der Waals surface area contributed by atoms with Crippen LogP contribution in [0, 0.1) is 4.91 Å². The van der Waals surface area contributed by atoms with E-state index < -0.39 is 6.98 Å². The Morgan fingerprint density at radius 2 is 2.62 bits per heavy atom. The highest BCUT2D eigenvalue weighted by molar-refractivity contribution is 4.40. The fraction of sp³-hybridized carbons (Fsp3) is 1.00. The standard InChI is InChI=1S/C5H12N2O/c1-3-4-5-7(2)6-8/h3-5H2,1-2H3/i2D3. The van der Waals surface area contributed by atoms with E-state index in [4.69, 9.17) is 4.11 Å². The van der Waals surface area contributed by atoms with Gasteiger partial charge in [0.05, 0.1) is 5.29 Å². The minimum Gasteiger partial charge on any atom is -0.264 e. The molecule has 0 N–H and O–H groups in total. The van der Waals surface area contributed by atoms with E-state index in [0.29, 0.717) is 11.4 Å². The van der Waals surface area contributed by atoms with Crippen LogP contribution in [0.15, 0.2) is 5.29 Å². The van der Waals surface area contributed by atoms with Crippen molar-refractivity contribution in [1.29, 1.82) is 0 Å². The molecule has 0 unspecified atom stereocenters. The van der Waals surface area contributed by atoms with Crippen LogP contribution in [0.4, 0.5) is 0 Å². The highest BCUT2D eigenvalue weighted by Gasteiger charge is 1.89. The van der Waals surface area contributed by atoms with Gasteiger partial charge in [-0.15, -0.1) is 4.91 Å². The zero-order valence-corrected chi connectivity index (χ0v) is 4.92. The van der Waals surface area contributed by atoms with Crippen LogP contribution in [0.5, 0.6) is 0 Å². The van der Waals surface area contributed by atoms with E-state index in [9.17, 15) is 4.91 Å². The van der Waals surface area contributed by atoms with Gasteiger partial charge in [0.25, 0.3) is 0 Å². The van der Waals surface area contributed by atoms with E-state index in [0.717, 1.165) is 6.42 Å². The average molecular weight is 119 g/mol. The van der Waals surface area contributed by atoms with Crippen molar-refractivity contribution >= 4 is 0 Å². The summed E-state index contributed by atoms with van der Waals surface area (Å²) in [5.41, 5.74) is 0. The van der Waals surface area contributed by atoms with Crippen LogP contribution in [0.2, 0.25) is 0 Å². The number of nitroso groups, excluding NO2 is 1. The molecular formula is C5H12N2O. The second-order valence-electron chi connectivity index (χ2n) is 1.56. The van der Waals surface area contributed by atoms with E-state index in [1.165, 1.54) is 0 Å². The maximum atomic E-state index is 9.97. The summed E-state index contributed by atoms with van der Waals surface area (Å²) in [6.45, 7) is -0.254. The summed E-state index contributed by atoms with van der Waals surface area (Å²) in [5.74, 6) is 0. The molecule has 0 spiro atoms. The Balaban J connectivity index is 3.86. The fourth-order valence-electron chi connectivity index (χ4n) is 0.349. The molecule has 0 aliphatic carbocycles. The first kappa shape index (κ1) is 3.43. The zero-order chi connectivity index (χ0) is 8.91. The minimum atomic E-state index is -2.38. The molecule has 0 atom stereocenters. The first-order chi connectivity index (χ1) is 5.02. The molecule has 48 valence electrons. The van der Waals surface area contributed by atoms with Gasteiger partial charge in [0.1, 0.15) is 0 Å². The predicted molar refractivity (Wildman–Crippen MR) is 33.3 cm³/mol. The Hall–Kier alpha value is -0.600. The van der Waals surface area contributed by atoms with Gasteiger partial charge in [-0.1, -0.05) is 13.3 Å². The van der Waals surface area contributed by atoms with Gasteiger partial charge >= 0.3 is 0 Å². The molecule has 0 rings (SSSR count). The van der Waals surface area contributed by atoms with Crippen molar-refractivity contribution in [3.63, 3.8) is 0 Å². The second kappa shape index (κ2) is 4.56. The number of nitrogens with zero attached hydrogens (tertiary/aromatic N) is 2. The third-order valence-electron chi connectivity index (χ3n) is 0.822. The molecule has 0 fully saturated rings. The number of hydrogen-bond acceptors (Lipinski definition) is 2. The Morgan fingerprint density at radius 1 is 1.88 bits per heavy atom. The van der Waals surface area contributed by atoms with Gasteiger partial charge in [0, 0.05) is 17.6 Å². The first-order valence-electron chi connectivity index (χ1n) is 4.13. The van der Waals surface area contributed by atoms with Gasteiger partial charge in [0.15, 0.2) is 0 Å². The van der Waals surface area contributed by atoms with E-state index in [2.05, 4.69) is 5.29 Å². The van der Waals surface area contributed by atoms with Gasteiger partial charge in [0.2, 0.25) is 0 Å². The van der Waals surface area contributed by atoms with Crippen LogP contribution >= 0.6 is 0 Å². The molecule has 0 saturated carbocycles. The lowest BCUT2D eigenvalue weighted by molar-refractivity contribution is 0.342. The minimum absolute atomic E-state index is 0.205. The third-order valence-corrected chi connectivity index (χ3v) is 0.822. The maximum Gasteiger partial charge on any atom is 0.0521 e. The predicted octanol–water partition coefficient (Wildman–Crippen LogP) is 1.40. The summed E-state index contributed by atoms with van der Waals surface area (Å²) < 4.78 is 20.5. The smallest absolute Gasteiger partial charge is 0.0521 e. The number of rotatable bonds is 4. The Kier molecular flexibility index (Phi) is 1.95. The van der Waals surface area contributed by atoms with Crippen molar-refractivity contribution in [2.45, 2.75) is 19.8 Å². The lowest BCUT2D eigenvalue weighted by atomic mass is 10.3. The Morgan fingerprint density at radius 3 is 3.00 bits per heavy atom. The molecule has 0 aromatic heterocycles. The van der Waals surface area contributed by atoms with Crippen LogP contribution in [-0.4, -0.2) is 18.5 Å². The largest absolute Gasteiger partial charge is 0.264 e. The summed E-state index contributed by atoms with van der Waals surface area (Å²) in [4.78, 5) is 9.97. The molecule has 3 nitrogen and oxygen atoms in total. The quantitative estimate of drug-likeness (QED) is 0.414. The van der Waals surface area contributed by atoms with Crippen molar-refractivity contribution in [3.05, 3.63) is 4.91 Å². The van der Waals surface area contributed by atoms with Gasteiger partial charge < -0.3 is 0 Å². The SMILES string of the molecule is [2H]C([2H])([2H])N(CCCC)N=O. The topological polar surface area (TPSA) is 32.7 Å². The van der Waals surface area contributed by atoms with Crippen molar-refractivity contribution < 1.29 is 4.11 Å². The van der Waals surface area contributed by atoms with Gasteiger partial charge in [-0.25, -0.2) is 0 Å². The molecule has 0 heterocycles. The zero-order valence-electron chi connectivity index (χ0n) is 7.92. The van der Waals surface area contributed by atoms with Crippen LogP contribution in [0.3, 0.4) is 0 Å². The molecule has 0 aliphatic heterocycles. The molecule has 8 heavy (non-hydrogen) atoms. The van der Waals surface area contributed by atoms with E-state index in [1.54, 1.807) is 0 Å². The van der Waals surface area contributed by atoms with Crippen LogP contribution in [0.25, 0.3) is 0 Å². The van der Waals surface area contributed by atoms with Crippen LogP contribution in [-0.2, 0) is 0 Å². The van der Waals surface area contributed by atoms with Gasteiger partial charge in [-0.3, -0.25) is 5.01 Å². The average Bonchev–Trinajstić information content (AvgIpc) is 1.87. The molecule has 0 aromatic rings. The van der Waals surface area contributed by atoms with Crippen LogP contribution < -0.4 is 0 Å². The molecule has 0 amide bonds. The Labute approximate surface area is 53.8 Å². The highest BCUT2D eigenvalue weighted by Crippen LogP contribution is 1.89. The van der Waals surface area contributed by atoms with Crippen molar-refractivity contribution in [2.75, 3.05) is 13.5 Å². The van der Waals surface area contributed by atoms with Gasteiger partial charge in [-0.2, -0.15) is 0 Å². The maximum absolute atomic E-state index is 9.97. The molecule has 0 aromatic carbocycles. The van der Waals surface area contributed by atoms with Crippen molar-refractivity contribution in [1.82, 2.24) is 5.01 Å². The lowest BCUT2D eigenvalue weighted by Gasteiger charge is -2.04. The molecular weight excluding hydrogens is 104 g/mol.